The number of carbonyl (C=O) groups excluding carboxylic acids is 4. The van der Waals surface area contributed by atoms with Crippen LogP contribution in [0.3, 0.4) is 0 Å². The molecule has 3 N–H and O–H groups in total. The van der Waals surface area contributed by atoms with Crippen LogP contribution in [0.5, 0.6) is 0 Å². The minimum absolute atomic E-state index is 0.0000240. The van der Waals surface area contributed by atoms with Gasteiger partial charge in [0.2, 0.25) is 11.6 Å². The molecule has 2 aliphatic rings. The number of benzene rings is 5. The molecule has 0 unspecified atom stereocenters. The van der Waals surface area contributed by atoms with Gasteiger partial charge in [-0.3, -0.25) is 23.4 Å². The fraction of sp³-hybridized carbons (Fsp3) is 0.209. The molecule has 300 valence electrons. The van der Waals surface area contributed by atoms with Gasteiger partial charge in [0, 0.05) is 25.7 Å². The van der Waals surface area contributed by atoms with E-state index in [1.54, 1.807) is 30.3 Å². The van der Waals surface area contributed by atoms with Crippen LogP contribution in [0.2, 0.25) is 10.0 Å². The summed E-state index contributed by atoms with van der Waals surface area (Å²) in [5.41, 5.74) is 4.80. The Labute approximate surface area is 343 Å². The van der Waals surface area contributed by atoms with E-state index in [9.17, 15) is 41.5 Å². The standard InChI is InChI=1S/C25H21ClFNO5S.C18H15ClFNO3/c1-15-6-9-18(10-7-15)34(31,32)33-23-14-17-4-2-3-5-19(17)24(23)28-25(30)22(29)13-16-8-11-20(26)21(27)12-16;19-13-6-5-10(7-14(13)20)8-16(23)18(24)21-17-12-4-2-1-3-11(12)9-15(17)22/h2-12,23-24H,13-14H2,1H3,(H,28,30);1-7,15,17,22H,8-9H2,(H,21,24)/t23-,24+;15-,17+/m00/s1. The molecule has 0 spiro atoms. The van der Waals surface area contributed by atoms with E-state index >= 15 is 0 Å². The number of hydrogen-bond acceptors (Lipinski definition) is 8. The van der Waals surface area contributed by atoms with Crippen LogP contribution in [0, 0.1) is 18.6 Å². The second kappa shape index (κ2) is 18.1. The van der Waals surface area contributed by atoms with Gasteiger partial charge in [0.15, 0.2) is 0 Å². The number of Topliss-reactive ketones (excluding diaryl/α,β-unsaturated/α-hetero) is 2. The fourth-order valence-corrected chi connectivity index (χ4v) is 8.08. The van der Waals surface area contributed by atoms with Gasteiger partial charge < -0.3 is 15.7 Å². The summed E-state index contributed by atoms with van der Waals surface area (Å²) in [4.78, 5) is 49.4. The van der Waals surface area contributed by atoms with E-state index in [2.05, 4.69) is 10.6 Å². The van der Waals surface area contributed by atoms with E-state index in [4.69, 9.17) is 27.4 Å². The van der Waals surface area contributed by atoms with Crippen LogP contribution in [-0.4, -0.2) is 49.1 Å². The highest BCUT2D eigenvalue weighted by atomic mass is 35.5. The lowest BCUT2D eigenvalue weighted by atomic mass is 10.1. The van der Waals surface area contributed by atoms with Crippen molar-refractivity contribution in [2.24, 2.45) is 0 Å². The first-order valence-corrected chi connectivity index (χ1v) is 20.1. The van der Waals surface area contributed by atoms with Gasteiger partial charge in [-0.1, -0.05) is 102 Å². The maximum Gasteiger partial charge on any atom is 0.297 e. The maximum absolute atomic E-state index is 13.7. The Kier molecular flexibility index (Phi) is 13.2. The molecule has 7 rings (SSSR count). The molecule has 5 aromatic carbocycles. The van der Waals surface area contributed by atoms with Gasteiger partial charge in [-0.15, -0.1) is 0 Å². The number of carbonyl (C=O) groups is 4. The number of fused-ring (bicyclic) bond motifs is 2. The van der Waals surface area contributed by atoms with Gasteiger partial charge >= 0.3 is 0 Å². The minimum atomic E-state index is -4.11. The van der Waals surface area contributed by atoms with Crippen LogP contribution in [0.4, 0.5) is 8.78 Å². The van der Waals surface area contributed by atoms with Crippen molar-refractivity contribution in [3.63, 3.8) is 0 Å². The summed E-state index contributed by atoms with van der Waals surface area (Å²) in [6.07, 6.45) is -1.60. The van der Waals surface area contributed by atoms with Crippen molar-refractivity contribution in [3.05, 3.63) is 170 Å². The molecular formula is C43H36Cl2F2N2O8S. The van der Waals surface area contributed by atoms with Gasteiger partial charge in [0.25, 0.3) is 21.9 Å². The largest absolute Gasteiger partial charge is 0.390 e. The van der Waals surface area contributed by atoms with Crippen LogP contribution in [0.15, 0.2) is 114 Å². The van der Waals surface area contributed by atoms with Gasteiger partial charge in [-0.2, -0.15) is 8.42 Å². The Morgan fingerprint density at radius 1 is 0.690 bits per heavy atom. The van der Waals surface area contributed by atoms with Crippen molar-refractivity contribution in [1.82, 2.24) is 10.6 Å². The predicted octanol–water partition coefficient (Wildman–Crippen LogP) is 6.45. The van der Waals surface area contributed by atoms with Crippen molar-refractivity contribution in [3.8, 4) is 0 Å². The van der Waals surface area contributed by atoms with Crippen molar-refractivity contribution in [1.29, 1.82) is 0 Å². The number of amides is 2. The summed E-state index contributed by atoms with van der Waals surface area (Å²) >= 11 is 11.2. The Morgan fingerprint density at radius 2 is 1.16 bits per heavy atom. The molecule has 0 fully saturated rings. The number of ketones is 2. The summed E-state index contributed by atoms with van der Waals surface area (Å²) in [5.74, 6) is -4.54. The molecule has 0 bridgehead atoms. The number of nitrogens with one attached hydrogen (secondary N) is 2. The molecule has 0 aliphatic heterocycles. The normalized spacial score (nSPS) is 18.0. The molecule has 0 heterocycles. The van der Waals surface area contributed by atoms with Crippen LogP contribution in [-0.2, 0) is 59.2 Å². The van der Waals surface area contributed by atoms with Gasteiger partial charge in [0.05, 0.1) is 33.1 Å². The SMILES string of the molecule is Cc1ccc(S(=O)(=O)O[C@H]2Cc3ccccc3[C@H]2NC(=O)C(=O)Cc2ccc(Cl)c(F)c2)cc1.O=C(Cc1ccc(Cl)c(F)c1)C(=O)N[C@@H]1c2ccccc2C[C@@H]1O. The molecule has 58 heavy (non-hydrogen) atoms. The molecule has 5 aromatic rings. The molecular weight excluding hydrogens is 813 g/mol. The molecule has 4 atom stereocenters. The lowest BCUT2D eigenvalue weighted by Gasteiger charge is -2.22. The van der Waals surface area contributed by atoms with E-state index in [1.165, 1.54) is 36.4 Å². The number of rotatable bonds is 11. The minimum Gasteiger partial charge on any atom is -0.390 e. The van der Waals surface area contributed by atoms with E-state index in [0.29, 0.717) is 23.1 Å². The van der Waals surface area contributed by atoms with E-state index in [-0.39, 0.29) is 34.2 Å². The van der Waals surface area contributed by atoms with E-state index < -0.39 is 69.4 Å². The Morgan fingerprint density at radius 3 is 1.67 bits per heavy atom. The summed E-state index contributed by atoms with van der Waals surface area (Å²) in [5, 5.41) is 15.2. The van der Waals surface area contributed by atoms with Gasteiger partial charge in [-0.25, -0.2) is 8.78 Å². The number of aliphatic hydroxyl groups excluding tert-OH is 1. The van der Waals surface area contributed by atoms with E-state index in [1.807, 2.05) is 37.3 Å². The Balaban J connectivity index is 0.000000208. The third-order valence-corrected chi connectivity index (χ3v) is 11.7. The van der Waals surface area contributed by atoms with Crippen molar-refractivity contribution in [2.45, 2.75) is 61.8 Å². The first kappa shape index (κ1) is 42.3. The van der Waals surface area contributed by atoms with Crippen LogP contribution >= 0.6 is 23.2 Å². The zero-order valence-electron chi connectivity index (χ0n) is 30.8. The van der Waals surface area contributed by atoms with Crippen LogP contribution < -0.4 is 10.6 Å². The lowest BCUT2D eigenvalue weighted by Crippen LogP contribution is -2.40. The summed E-state index contributed by atoms with van der Waals surface area (Å²) in [6.45, 7) is 1.84. The maximum atomic E-state index is 13.7. The highest BCUT2D eigenvalue weighted by Crippen LogP contribution is 2.35. The third kappa shape index (κ3) is 10.0. The van der Waals surface area contributed by atoms with Crippen LogP contribution in [0.1, 0.15) is 51.0 Å². The number of halogens is 4. The first-order chi connectivity index (χ1) is 27.6. The molecule has 0 aromatic heterocycles. The second-order valence-electron chi connectivity index (χ2n) is 13.9. The second-order valence-corrected chi connectivity index (χ2v) is 16.3. The molecule has 0 radical (unpaired) electrons. The predicted molar refractivity (Wildman–Crippen MR) is 212 cm³/mol. The molecule has 2 amide bonds. The average molecular weight is 850 g/mol. The monoisotopic (exact) mass is 848 g/mol. The van der Waals surface area contributed by atoms with Crippen LogP contribution in [0.25, 0.3) is 0 Å². The van der Waals surface area contributed by atoms with Crippen molar-refractivity contribution in [2.75, 3.05) is 0 Å². The number of hydrogen-bond donors (Lipinski definition) is 3. The molecule has 10 nitrogen and oxygen atoms in total. The fourth-order valence-electron chi connectivity index (χ4n) is 6.76. The topological polar surface area (TPSA) is 156 Å². The average Bonchev–Trinajstić information content (AvgIpc) is 3.69. The highest BCUT2D eigenvalue weighted by molar-refractivity contribution is 7.86. The number of aryl methyl sites for hydroxylation is 1. The quantitative estimate of drug-likeness (QED) is 0.101. The van der Waals surface area contributed by atoms with E-state index in [0.717, 1.165) is 34.4 Å². The smallest absolute Gasteiger partial charge is 0.297 e. The van der Waals surface area contributed by atoms with Crippen molar-refractivity contribution < 1.29 is 45.7 Å². The zero-order valence-corrected chi connectivity index (χ0v) is 33.1. The molecule has 2 aliphatic carbocycles. The Hall–Kier alpha value is -5.31. The number of aliphatic hydroxyl groups is 1. The van der Waals surface area contributed by atoms with Gasteiger partial charge in [-0.05, 0) is 76.7 Å². The van der Waals surface area contributed by atoms with Gasteiger partial charge in [0.1, 0.15) is 17.7 Å². The lowest BCUT2D eigenvalue weighted by molar-refractivity contribution is -0.138. The molecule has 0 saturated heterocycles. The summed E-state index contributed by atoms with van der Waals surface area (Å²) in [6, 6.07) is 27.1. The Bertz CT molecular complexity index is 2500. The molecule has 15 heteroatoms. The van der Waals surface area contributed by atoms with Crippen molar-refractivity contribution >= 4 is 56.7 Å². The zero-order chi connectivity index (χ0) is 41.7. The summed E-state index contributed by atoms with van der Waals surface area (Å²) < 4.78 is 58.3. The summed E-state index contributed by atoms with van der Waals surface area (Å²) in [7, 11) is -4.11. The first-order valence-electron chi connectivity index (χ1n) is 18.0. The third-order valence-electron chi connectivity index (χ3n) is 9.72. The molecule has 0 saturated carbocycles. The highest BCUT2D eigenvalue weighted by Gasteiger charge is 2.39.